The highest BCUT2D eigenvalue weighted by atomic mass is 19.4. The maximum atomic E-state index is 13.1. The van der Waals surface area contributed by atoms with Gasteiger partial charge in [-0.2, -0.15) is 13.2 Å². The summed E-state index contributed by atoms with van der Waals surface area (Å²) >= 11 is 0. The van der Waals surface area contributed by atoms with Crippen molar-refractivity contribution in [2.75, 3.05) is 0 Å². The number of aryl methyl sites for hydroxylation is 1. The van der Waals surface area contributed by atoms with E-state index in [1.165, 1.54) is 6.92 Å². The van der Waals surface area contributed by atoms with E-state index in [4.69, 9.17) is 0 Å². The Balaban J connectivity index is 3.60. The van der Waals surface area contributed by atoms with Crippen LogP contribution >= 0.6 is 0 Å². The molecule has 0 bridgehead atoms. The molecule has 1 aromatic carbocycles. The lowest BCUT2D eigenvalue weighted by Crippen LogP contribution is -2.15. The van der Waals surface area contributed by atoms with Crippen molar-refractivity contribution in [2.45, 2.75) is 20.0 Å². The smallest absolute Gasteiger partial charge is 0.294 e. The van der Waals surface area contributed by atoms with Crippen LogP contribution in [0.1, 0.15) is 28.4 Å². The fraction of sp³-hybridized carbons (Fsp3) is 0.300. The van der Waals surface area contributed by atoms with Crippen molar-refractivity contribution in [1.82, 2.24) is 0 Å². The van der Waals surface area contributed by atoms with E-state index < -0.39 is 28.9 Å². The molecule has 0 N–H and O–H groups in total. The average Bonchev–Trinajstić information content (AvgIpc) is 2.05. The fourth-order valence-corrected chi connectivity index (χ4v) is 1.39. The molecule has 0 atom stereocenters. The molecule has 0 heterocycles. The van der Waals surface area contributed by atoms with E-state index in [0.717, 1.165) is 19.1 Å². The van der Waals surface area contributed by atoms with Crippen LogP contribution in [0.2, 0.25) is 0 Å². The van der Waals surface area contributed by atoms with Gasteiger partial charge in [0.25, 0.3) is 0 Å². The molecule has 0 aliphatic heterocycles. The lowest BCUT2D eigenvalue weighted by atomic mass is 9.98. The number of hydrogen-bond acceptors (Lipinski definition) is 1. The van der Waals surface area contributed by atoms with Gasteiger partial charge in [-0.15, -0.1) is 0 Å². The molecule has 0 amide bonds. The Morgan fingerprint density at radius 1 is 1.27 bits per heavy atom. The summed E-state index contributed by atoms with van der Waals surface area (Å²) < 4.78 is 50.7. The third-order valence-electron chi connectivity index (χ3n) is 2.00. The standard InChI is InChI=1S/C10H8F4O/c1-5-3-4-7(11)8(6(2)15)9(5)10(12,13)14/h3-4H,1-2H3. The summed E-state index contributed by atoms with van der Waals surface area (Å²) in [6, 6.07) is 1.87. The summed E-state index contributed by atoms with van der Waals surface area (Å²) in [4.78, 5) is 10.9. The minimum absolute atomic E-state index is 0.158. The molecule has 15 heavy (non-hydrogen) atoms. The van der Waals surface area contributed by atoms with Crippen LogP contribution in [0, 0.1) is 12.7 Å². The lowest BCUT2D eigenvalue weighted by Gasteiger charge is -2.14. The van der Waals surface area contributed by atoms with Gasteiger partial charge in [-0.3, -0.25) is 4.79 Å². The topological polar surface area (TPSA) is 17.1 Å². The molecule has 1 nitrogen and oxygen atoms in total. The van der Waals surface area contributed by atoms with E-state index in [9.17, 15) is 22.4 Å². The summed E-state index contributed by atoms with van der Waals surface area (Å²) in [6.45, 7) is 2.10. The Bertz CT molecular complexity index is 407. The van der Waals surface area contributed by atoms with Gasteiger partial charge in [-0.25, -0.2) is 4.39 Å². The number of benzene rings is 1. The van der Waals surface area contributed by atoms with E-state index in [1.54, 1.807) is 0 Å². The van der Waals surface area contributed by atoms with Crippen molar-refractivity contribution < 1.29 is 22.4 Å². The van der Waals surface area contributed by atoms with Crippen LogP contribution in [0.25, 0.3) is 0 Å². The lowest BCUT2D eigenvalue weighted by molar-refractivity contribution is -0.138. The van der Waals surface area contributed by atoms with Crippen LogP contribution < -0.4 is 0 Å². The molecule has 0 saturated carbocycles. The van der Waals surface area contributed by atoms with Crippen molar-refractivity contribution in [3.63, 3.8) is 0 Å². The van der Waals surface area contributed by atoms with Gasteiger partial charge in [-0.1, -0.05) is 6.07 Å². The van der Waals surface area contributed by atoms with E-state index in [2.05, 4.69) is 0 Å². The van der Waals surface area contributed by atoms with Crippen LogP contribution in [0.5, 0.6) is 0 Å². The second-order valence-electron chi connectivity index (χ2n) is 3.17. The highest BCUT2D eigenvalue weighted by molar-refractivity contribution is 5.96. The molecular weight excluding hydrogens is 212 g/mol. The van der Waals surface area contributed by atoms with Gasteiger partial charge < -0.3 is 0 Å². The largest absolute Gasteiger partial charge is 0.417 e. The molecule has 0 aliphatic carbocycles. The minimum Gasteiger partial charge on any atom is -0.294 e. The summed E-state index contributed by atoms with van der Waals surface area (Å²) in [6.07, 6.45) is -4.72. The number of halogens is 4. The van der Waals surface area contributed by atoms with Gasteiger partial charge in [0, 0.05) is 0 Å². The van der Waals surface area contributed by atoms with E-state index in [1.807, 2.05) is 0 Å². The first-order valence-corrected chi connectivity index (χ1v) is 4.12. The summed E-state index contributed by atoms with van der Waals surface area (Å²) in [7, 11) is 0. The summed E-state index contributed by atoms with van der Waals surface area (Å²) in [5.41, 5.74) is -2.23. The first-order chi connectivity index (χ1) is 6.75. The maximum Gasteiger partial charge on any atom is 0.417 e. The second-order valence-corrected chi connectivity index (χ2v) is 3.17. The highest BCUT2D eigenvalue weighted by Crippen LogP contribution is 2.35. The van der Waals surface area contributed by atoms with Gasteiger partial charge in [0.15, 0.2) is 5.78 Å². The van der Waals surface area contributed by atoms with Crippen molar-refractivity contribution in [1.29, 1.82) is 0 Å². The van der Waals surface area contributed by atoms with Crippen LogP contribution in [-0.4, -0.2) is 5.78 Å². The van der Waals surface area contributed by atoms with Gasteiger partial charge in [0.05, 0.1) is 11.1 Å². The van der Waals surface area contributed by atoms with Crippen molar-refractivity contribution in [2.24, 2.45) is 0 Å². The molecular formula is C10H8F4O. The van der Waals surface area contributed by atoms with Crippen LogP contribution in [0.3, 0.4) is 0 Å². The Morgan fingerprint density at radius 3 is 2.13 bits per heavy atom. The number of alkyl halides is 3. The first kappa shape index (κ1) is 11.7. The number of hydrogen-bond donors (Lipinski definition) is 0. The van der Waals surface area contributed by atoms with E-state index >= 15 is 0 Å². The zero-order valence-corrected chi connectivity index (χ0v) is 8.07. The molecule has 0 aliphatic rings. The average molecular weight is 220 g/mol. The van der Waals surface area contributed by atoms with E-state index in [0.29, 0.717) is 0 Å². The number of rotatable bonds is 1. The van der Waals surface area contributed by atoms with Crippen LogP contribution in [0.15, 0.2) is 12.1 Å². The SMILES string of the molecule is CC(=O)c1c(F)ccc(C)c1C(F)(F)F. The number of ketones is 1. The molecule has 1 aromatic rings. The number of Topliss-reactive ketones (excluding diaryl/α,β-unsaturated/α-hetero) is 1. The quantitative estimate of drug-likeness (QED) is 0.524. The third kappa shape index (κ3) is 2.16. The monoisotopic (exact) mass is 220 g/mol. The predicted octanol–water partition coefficient (Wildman–Crippen LogP) is 3.36. The zero-order chi connectivity index (χ0) is 11.8. The molecule has 5 heteroatoms. The summed E-state index contributed by atoms with van der Waals surface area (Å²) in [5, 5.41) is 0. The summed E-state index contributed by atoms with van der Waals surface area (Å²) in [5.74, 6) is -2.07. The maximum absolute atomic E-state index is 13.1. The third-order valence-corrected chi connectivity index (χ3v) is 2.00. The second kappa shape index (κ2) is 3.64. The first-order valence-electron chi connectivity index (χ1n) is 4.12. The van der Waals surface area contributed by atoms with Crippen LogP contribution in [-0.2, 0) is 6.18 Å². The van der Waals surface area contributed by atoms with Gasteiger partial charge in [-0.05, 0) is 25.5 Å². The van der Waals surface area contributed by atoms with E-state index in [-0.39, 0.29) is 5.56 Å². The molecule has 0 spiro atoms. The molecule has 0 fully saturated rings. The normalized spacial score (nSPS) is 11.6. The Hall–Kier alpha value is -1.39. The minimum atomic E-state index is -4.72. The number of carbonyl (C=O) groups is 1. The molecule has 1 rings (SSSR count). The van der Waals surface area contributed by atoms with Gasteiger partial charge in [0.2, 0.25) is 0 Å². The predicted molar refractivity (Wildman–Crippen MR) is 46.1 cm³/mol. The zero-order valence-electron chi connectivity index (χ0n) is 8.07. The molecule has 82 valence electrons. The van der Waals surface area contributed by atoms with Gasteiger partial charge >= 0.3 is 6.18 Å². The number of carbonyl (C=O) groups excluding carboxylic acids is 1. The van der Waals surface area contributed by atoms with Gasteiger partial charge in [0.1, 0.15) is 5.82 Å². The van der Waals surface area contributed by atoms with Crippen molar-refractivity contribution >= 4 is 5.78 Å². The Kier molecular flexibility index (Phi) is 2.83. The Morgan fingerprint density at radius 2 is 1.80 bits per heavy atom. The Labute approximate surface area is 83.7 Å². The van der Waals surface area contributed by atoms with Crippen molar-refractivity contribution in [3.8, 4) is 0 Å². The molecule has 0 unspecified atom stereocenters. The molecule has 0 radical (unpaired) electrons. The van der Waals surface area contributed by atoms with Crippen molar-refractivity contribution in [3.05, 3.63) is 34.6 Å². The van der Waals surface area contributed by atoms with Crippen LogP contribution in [0.4, 0.5) is 17.6 Å². The molecule has 0 aromatic heterocycles. The molecule has 0 saturated heterocycles. The highest BCUT2D eigenvalue weighted by Gasteiger charge is 2.37. The fourth-order valence-electron chi connectivity index (χ4n) is 1.39.